The van der Waals surface area contributed by atoms with E-state index in [1.807, 2.05) is 36.4 Å². The Morgan fingerprint density at radius 2 is 1.63 bits per heavy atom. The zero-order chi connectivity index (χ0) is 19.0. The van der Waals surface area contributed by atoms with Gasteiger partial charge in [-0.2, -0.15) is 13.2 Å². The van der Waals surface area contributed by atoms with Crippen molar-refractivity contribution in [1.82, 2.24) is 0 Å². The molecule has 0 N–H and O–H groups in total. The number of carbonyl (C=O) groups is 1. The molecule has 0 fully saturated rings. The minimum absolute atomic E-state index is 0.0502. The summed E-state index contributed by atoms with van der Waals surface area (Å²) in [6.45, 7) is 0. The van der Waals surface area contributed by atoms with Crippen LogP contribution in [0.1, 0.15) is 39.4 Å². The molecule has 5 heteroatoms. The number of ether oxygens (including phenoxy) is 1. The van der Waals surface area contributed by atoms with Crippen molar-refractivity contribution in [1.29, 1.82) is 0 Å². The van der Waals surface area contributed by atoms with Crippen molar-refractivity contribution in [3.8, 4) is 11.5 Å². The standard InChI is InChI=1S/C22H15F3O2/c23-22(24,25)15-8-4-9-16(12-15)27-20-11-5-10-17-18(13-19(26)21(17)20)14-6-2-1-3-7-14/h1-12,18H,13H2/t18-/m1/s1. The average molecular weight is 368 g/mol. The van der Waals surface area contributed by atoms with E-state index >= 15 is 0 Å². The van der Waals surface area contributed by atoms with Gasteiger partial charge in [0.05, 0.1) is 11.1 Å². The first-order valence-corrected chi connectivity index (χ1v) is 8.49. The van der Waals surface area contributed by atoms with E-state index in [1.165, 1.54) is 12.1 Å². The van der Waals surface area contributed by atoms with Gasteiger partial charge in [-0.25, -0.2) is 0 Å². The molecule has 0 aliphatic heterocycles. The van der Waals surface area contributed by atoms with Crippen molar-refractivity contribution in [2.24, 2.45) is 0 Å². The van der Waals surface area contributed by atoms with Crippen LogP contribution in [0.3, 0.4) is 0 Å². The fourth-order valence-electron chi connectivity index (χ4n) is 3.46. The smallest absolute Gasteiger partial charge is 0.416 e. The molecule has 3 aromatic rings. The van der Waals surface area contributed by atoms with Gasteiger partial charge in [-0.15, -0.1) is 0 Å². The molecule has 2 nitrogen and oxygen atoms in total. The van der Waals surface area contributed by atoms with Crippen LogP contribution in [0.25, 0.3) is 0 Å². The van der Waals surface area contributed by atoms with Crippen LogP contribution in [0.4, 0.5) is 13.2 Å². The molecule has 0 amide bonds. The summed E-state index contributed by atoms with van der Waals surface area (Å²) < 4.78 is 44.4. The number of rotatable bonds is 3. The van der Waals surface area contributed by atoms with Crippen LogP contribution in [-0.2, 0) is 6.18 Å². The number of ketones is 1. The van der Waals surface area contributed by atoms with Crippen molar-refractivity contribution in [2.45, 2.75) is 18.5 Å². The third-order valence-electron chi connectivity index (χ3n) is 4.69. The van der Waals surface area contributed by atoms with Crippen molar-refractivity contribution in [3.63, 3.8) is 0 Å². The first-order chi connectivity index (χ1) is 12.9. The second kappa shape index (κ2) is 6.58. The van der Waals surface area contributed by atoms with Gasteiger partial charge in [-0.1, -0.05) is 48.5 Å². The predicted molar refractivity (Wildman–Crippen MR) is 95.2 cm³/mol. The number of carbonyl (C=O) groups excluding carboxylic acids is 1. The maximum absolute atomic E-state index is 12.9. The third-order valence-corrected chi connectivity index (χ3v) is 4.69. The summed E-state index contributed by atoms with van der Waals surface area (Å²) in [5, 5.41) is 0. The molecule has 0 unspecified atom stereocenters. The fraction of sp³-hybridized carbons (Fsp3) is 0.136. The molecule has 0 radical (unpaired) electrons. The summed E-state index contributed by atoms with van der Waals surface area (Å²) in [6, 6.07) is 19.6. The topological polar surface area (TPSA) is 26.3 Å². The second-order valence-electron chi connectivity index (χ2n) is 6.44. The molecule has 0 saturated heterocycles. The first-order valence-electron chi connectivity index (χ1n) is 8.49. The van der Waals surface area contributed by atoms with Gasteiger partial charge in [-0.05, 0) is 35.4 Å². The summed E-state index contributed by atoms with van der Waals surface area (Å²) in [4.78, 5) is 12.6. The largest absolute Gasteiger partial charge is 0.457 e. The first kappa shape index (κ1) is 17.3. The number of alkyl halides is 3. The summed E-state index contributed by atoms with van der Waals surface area (Å²) in [5.74, 6) is 0.199. The Morgan fingerprint density at radius 1 is 0.889 bits per heavy atom. The number of hydrogen-bond donors (Lipinski definition) is 0. The Bertz CT molecular complexity index is 994. The monoisotopic (exact) mass is 368 g/mol. The number of fused-ring (bicyclic) bond motifs is 1. The Labute approximate surface area is 154 Å². The van der Waals surface area contributed by atoms with E-state index in [-0.39, 0.29) is 23.2 Å². The van der Waals surface area contributed by atoms with E-state index in [2.05, 4.69) is 0 Å². The lowest BCUT2D eigenvalue weighted by atomic mass is 9.93. The van der Waals surface area contributed by atoms with Crippen molar-refractivity contribution < 1.29 is 22.7 Å². The molecule has 1 aliphatic rings. The molecule has 4 rings (SSSR count). The Morgan fingerprint density at radius 3 is 2.37 bits per heavy atom. The highest BCUT2D eigenvalue weighted by Crippen LogP contribution is 2.43. The van der Waals surface area contributed by atoms with Gasteiger partial charge in [0.15, 0.2) is 5.78 Å². The quantitative estimate of drug-likeness (QED) is 0.549. The molecule has 0 spiro atoms. The zero-order valence-electron chi connectivity index (χ0n) is 14.2. The third kappa shape index (κ3) is 3.33. The van der Waals surface area contributed by atoms with Crippen molar-refractivity contribution in [3.05, 3.63) is 95.1 Å². The molecule has 3 aromatic carbocycles. The highest BCUT2D eigenvalue weighted by molar-refractivity contribution is 6.04. The van der Waals surface area contributed by atoms with E-state index in [9.17, 15) is 18.0 Å². The van der Waals surface area contributed by atoms with Crippen molar-refractivity contribution in [2.75, 3.05) is 0 Å². The zero-order valence-corrected chi connectivity index (χ0v) is 14.2. The van der Waals surface area contributed by atoms with Gasteiger partial charge in [0.25, 0.3) is 0 Å². The van der Waals surface area contributed by atoms with Crippen LogP contribution >= 0.6 is 0 Å². The van der Waals surface area contributed by atoms with Gasteiger partial charge in [0.2, 0.25) is 0 Å². The maximum atomic E-state index is 12.9. The molecule has 0 heterocycles. The van der Waals surface area contributed by atoms with Crippen LogP contribution in [-0.4, -0.2) is 5.78 Å². The summed E-state index contributed by atoms with van der Waals surface area (Å²) in [6.07, 6.45) is -4.13. The average Bonchev–Trinajstić information content (AvgIpc) is 3.00. The van der Waals surface area contributed by atoms with Crippen LogP contribution in [0.2, 0.25) is 0 Å². The molecule has 0 saturated carbocycles. The van der Waals surface area contributed by atoms with Crippen LogP contribution < -0.4 is 4.74 Å². The maximum Gasteiger partial charge on any atom is 0.416 e. The Hall–Kier alpha value is -3.08. The SMILES string of the molecule is O=C1C[C@H](c2ccccc2)c2cccc(Oc3cccc(C(F)(F)F)c3)c21. The molecular weight excluding hydrogens is 353 g/mol. The highest BCUT2D eigenvalue weighted by Gasteiger charge is 2.34. The summed E-state index contributed by atoms with van der Waals surface area (Å²) >= 11 is 0. The van der Waals surface area contributed by atoms with E-state index in [0.717, 1.165) is 23.3 Å². The molecule has 1 aliphatic carbocycles. The Balaban J connectivity index is 1.71. The molecule has 1 atom stereocenters. The van der Waals surface area contributed by atoms with Crippen LogP contribution in [0.15, 0.2) is 72.8 Å². The number of halogens is 3. The highest BCUT2D eigenvalue weighted by atomic mass is 19.4. The lowest BCUT2D eigenvalue weighted by Crippen LogP contribution is -2.04. The molecule has 136 valence electrons. The second-order valence-corrected chi connectivity index (χ2v) is 6.44. The minimum atomic E-state index is -4.45. The lowest BCUT2D eigenvalue weighted by Gasteiger charge is -2.14. The van der Waals surface area contributed by atoms with Gasteiger partial charge < -0.3 is 4.74 Å². The van der Waals surface area contributed by atoms with Gasteiger partial charge in [-0.3, -0.25) is 4.79 Å². The van der Waals surface area contributed by atoms with Crippen LogP contribution in [0.5, 0.6) is 11.5 Å². The van der Waals surface area contributed by atoms with E-state index in [0.29, 0.717) is 12.0 Å². The van der Waals surface area contributed by atoms with E-state index in [1.54, 1.807) is 12.1 Å². The molecule has 0 bridgehead atoms. The lowest BCUT2D eigenvalue weighted by molar-refractivity contribution is -0.137. The van der Waals surface area contributed by atoms with Crippen molar-refractivity contribution >= 4 is 5.78 Å². The molecule has 0 aromatic heterocycles. The fourth-order valence-corrected chi connectivity index (χ4v) is 3.46. The molecular formula is C22H15F3O2. The summed E-state index contributed by atoms with van der Waals surface area (Å²) in [5.41, 5.74) is 1.53. The molecule has 27 heavy (non-hydrogen) atoms. The van der Waals surface area contributed by atoms with Gasteiger partial charge in [0, 0.05) is 12.3 Å². The van der Waals surface area contributed by atoms with Gasteiger partial charge >= 0.3 is 6.18 Å². The minimum Gasteiger partial charge on any atom is -0.457 e. The number of hydrogen-bond acceptors (Lipinski definition) is 2. The predicted octanol–water partition coefficient (Wildman–Crippen LogP) is 6.22. The van der Waals surface area contributed by atoms with Crippen LogP contribution in [0, 0.1) is 0 Å². The number of benzene rings is 3. The van der Waals surface area contributed by atoms with E-state index in [4.69, 9.17) is 4.74 Å². The Kier molecular flexibility index (Phi) is 4.22. The summed E-state index contributed by atoms with van der Waals surface area (Å²) in [7, 11) is 0. The van der Waals surface area contributed by atoms with E-state index < -0.39 is 11.7 Å². The van der Waals surface area contributed by atoms with Gasteiger partial charge in [0.1, 0.15) is 11.5 Å². The normalized spacial score (nSPS) is 16.3. The number of Topliss-reactive ketones (excluding diaryl/α,β-unsaturated/α-hetero) is 1.